The van der Waals surface area contributed by atoms with E-state index in [-0.39, 0.29) is 11.3 Å². The van der Waals surface area contributed by atoms with Gasteiger partial charge < -0.3 is 9.52 Å². The molecule has 0 unspecified atom stereocenters. The van der Waals surface area contributed by atoms with Crippen molar-refractivity contribution >= 4 is 45.0 Å². The summed E-state index contributed by atoms with van der Waals surface area (Å²) < 4.78 is 45.2. The number of alkyl halides is 3. The van der Waals surface area contributed by atoms with E-state index in [1.165, 1.54) is 18.2 Å². The minimum Gasteiger partial charge on any atom is -0.478 e. The number of pyridine rings is 1. The van der Waals surface area contributed by atoms with E-state index in [1.807, 2.05) is 0 Å². The minimum atomic E-state index is -4.44. The van der Waals surface area contributed by atoms with Gasteiger partial charge in [-0.1, -0.05) is 28.1 Å². The minimum absolute atomic E-state index is 0.107. The van der Waals surface area contributed by atoms with Gasteiger partial charge in [0.15, 0.2) is 0 Å². The number of hydrogen-bond acceptors (Lipinski definition) is 3. The van der Waals surface area contributed by atoms with Crippen LogP contribution in [-0.4, -0.2) is 16.1 Å². The average Bonchev–Trinajstić information content (AvgIpc) is 3.20. The van der Waals surface area contributed by atoms with E-state index in [9.17, 15) is 23.1 Å². The third-order valence-corrected chi connectivity index (χ3v) is 5.03. The molecule has 0 aliphatic rings. The van der Waals surface area contributed by atoms with Crippen molar-refractivity contribution in [2.45, 2.75) is 6.18 Å². The molecule has 1 N–H and O–H groups in total. The highest BCUT2D eigenvalue weighted by molar-refractivity contribution is 9.10. The Morgan fingerprint density at radius 1 is 1.03 bits per heavy atom. The van der Waals surface area contributed by atoms with Crippen molar-refractivity contribution in [3.05, 3.63) is 87.7 Å². The Hall–Kier alpha value is -3.39. The number of aromatic nitrogens is 1. The van der Waals surface area contributed by atoms with Crippen molar-refractivity contribution in [1.82, 2.24) is 4.98 Å². The molecule has 4 nitrogen and oxygen atoms in total. The number of aromatic carboxylic acids is 1. The number of fused-ring (bicyclic) bond motifs is 1. The summed E-state index contributed by atoms with van der Waals surface area (Å²) in [7, 11) is 0. The molecule has 4 rings (SSSR count). The van der Waals surface area contributed by atoms with Crippen LogP contribution in [0.4, 0.5) is 13.2 Å². The summed E-state index contributed by atoms with van der Waals surface area (Å²) >= 11 is 3.32. The molecule has 0 bridgehead atoms. The van der Waals surface area contributed by atoms with Crippen molar-refractivity contribution in [2.75, 3.05) is 0 Å². The lowest BCUT2D eigenvalue weighted by molar-refractivity contribution is -0.137. The SMILES string of the molecule is O=C(O)c1cc(C=Cc2ccc(-c3cccc(C(F)(F)F)c3)o2)nc2ccc(Br)cc12. The molecule has 0 saturated carbocycles. The van der Waals surface area contributed by atoms with Gasteiger partial charge in [0.25, 0.3) is 0 Å². The largest absolute Gasteiger partial charge is 0.478 e. The summed E-state index contributed by atoms with van der Waals surface area (Å²) in [5.41, 5.74) is 0.579. The van der Waals surface area contributed by atoms with Crippen molar-refractivity contribution in [3.8, 4) is 11.3 Å². The van der Waals surface area contributed by atoms with Crippen LogP contribution in [0.5, 0.6) is 0 Å². The second kappa shape index (κ2) is 8.03. The van der Waals surface area contributed by atoms with Gasteiger partial charge in [-0.05, 0) is 60.7 Å². The highest BCUT2D eigenvalue weighted by Gasteiger charge is 2.30. The third kappa shape index (κ3) is 4.54. The zero-order chi connectivity index (χ0) is 22.2. The zero-order valence-corrected chi connectivity index (χ0v) is 17.2. The highest BCUT2D eigenvalue weighted by atomic mass is 79.9. The van der Waals surface area contributed by atoms with Crippen LogP contribution < -0.4 is 0 Å². The molecular weight excluding hydrogens is 475 g/mol. The Morgan fingerprint density at radius 3 is 2.58 bits per heavy atom. The number of carbonyl (C=O) groups is 1. The molecule has 8 heteroatoms. The van der Waals surface area contributed by atoms with E-state index in [0.717, 1.165) is 16.6 Å². The number of hydrogen-bond donors (Lipinski definition) is 1. The lowest BCUT2D eigenvalue weighted by Crippen LogP contribution is -2.04. The molecule has 2 aromatic carbocycles. The molecule has 156 valence electrons. The fraction of sp³-hybridized carbons (Fsp3) is 0.0435. The van der Waals surface area contributed by atoms with Crippen LogP contribution in [0.1, 0.15) is 27.4 Å². The summed E-state index contributed by atoms with van der Waals surface area (Å²) in [6.45, 7) is 0. The van der Waals surface area contributed by atoms with Crippen LogP contribution in [0.15, 0.2) is 69.6 Å². The van der Waals surface area contributed by atoms with Crippen LogP contribution in [0, 0.1) is 0 Å². The molecule has 2 heterocycles. The first-order valence-electron chi connectivity index (χ1n) is 9.00. The number of carboxylic acid groups (broad SMARTS) is 1. The van der Waals surface area contributed by atoms with Gasteiger partial charge in [-0.25, -0.2) is 9.78 Å². The first kappa shape index (κ1) is 20.9. The van der Waals surface area contributed by atoms with E-state index < -0.39 is 17.7 Å². The van der Waals surface area contributed by atoms with E-state index in [4.69, 9.17) is 4.42 Å². The van der Waals surface area contributed by atoms with Crippen LogP contribution in [0.2, 0.25) is 0 Å². The predicted octanol–water partition coefficient (Wildman–Crippen LogP) is 7.14. The fourth-order valence-electron chi connectivity index (χ4n) is 3.09. The fourth-order valence-corrected chi connectivity index (χ4v) is 3.46. The first-order chi connectivity index (χ1) is 14.7. The normalized spacial score (nSPS) is 12.0. The molecule has 0 fully saturated rings. The van der Waals surface area contributed by atoms with Crippen molar-refractivity contribution in [2.24, 2.45) is 0 Å². The number of furan rings is 1. The molecule has 0 aliphatic carbocycles. The average molecular weight is 488 g/mol. The number of nitrogens with zero attached hydrogens (tertiary/aromatic N) is 1. The summed E-state index contributed by atoms with van der Waals surface area (Å²) in [5, 5.41) is 10.0. The van der Waals surface area contributed by atoms with E-state index in [2.05, 4.69) is 20.9 Å². The maximum atomic E-state index is 12.9. The summed E-state index contributed by atoms with van der Waals surface area (Å²) in [6.07, 6.45) is -1.27. The Bertz CT molecular complexity index is 1330. The predicted molar refractivity (Wildman–Crippen MR) is 114 cm³/mol. The van der Waals surface area contributed by atoms with Crippen molar-refractivity contribution < 1.29 is 27.5 Å². The van der Waals surface area contributed by atoms with Crippen LogP contribution in [0.25, 0.3) is 34.4 Å². The Morgan fingerprint density at radius 2 is 1.84 bits per heavy atom. The Balaban J connectivity index is 1.65. The zero-order valence-electron chi connectivity index (χ0n) is 15.7. The van der Waals surface area contributed by atoms with Crippen LogP contribution in [0.3, 0.4) is 0 Å². The maximum Gasteiger partial charge on any atom is 0.416 e. The number of halogens is 4. The van der Waals surface area contributed by atoms with Gasteiger partial charge in [0.2, 0.25) is 0 Å². The Kier molecular flexibility index (Phi) is 5.41. The lowest BCUT2D eigenvalue weighted by atomic mass is 10.1. The van der Waals surface area contributed by atoms with Gasteiger partial charge in [-0.15, -0.1) is 0 Å². The van der Waals surface area contributed by atoms with Crippen LogP contribution in [-0.2, 0) is 6.18 Å². The molecule has 0 atom stereocenters. The van der Waals surface area contributed by atoms with Gasteiger partial charge in [-0.3, -0.25) is 0 Å². The summed E-state index contributed by atoms with van der Waals surface area (Å²) in [4.78, 5) is 16.1. The first-order valence-corrected chi connectivity index (χ1v) is 9.79. The van der Waals surface area contributed by atoms with E-state index in [0.29, 0.717) is 27.9 Å². The van der Waals surface area contributed by atoms with Gasteiger partial charge in [-0.2, -0.15) is 13.2 Å². The van der Waals surface area contributed by atoms with E-state index >= 15 is 0 Å². The second-order valence-electron chi connectivity index (χ2n) is 6.68. The maximum absolute atomic E-state index is 12.9. The molecule has 31 heavy (non-hydrogen) atoms. The molecule has 2 aromatic heterocycles. The molecule has 0 amide bonds. The highest BCUT2D eigenvalue weighted by Crippen LogP contribution is 2.33. The van der Waals surface area contributed by atoms with Crippen LogP contribution >= 0.6 is 15.9 Å². The van der Waals surface area contributed by atoms with Gasteiger partial charge in [0.1, 0.15) is 11.5 Å². The third-order valence-electron chi connectivity index (χ3n) is 4.54. The number of rotatable bonds is 4. The van der Waals surface area contributed by atoms with Crippen molar-refractivity contribution in [3.63, 3.8) is 0 Å². The topological polar surface area (TPSA) is 63.3 Å². The molecule has 0 saturated heterocycles. The standard InChI is InChI=1S/C23H13BrF3NO3/c24-15-4-8-20-18(11-15)19(22(29)30)12-16(28-20)5-6-17-7-9-21(31-17)13-2-1-3-14(10-13)23(25,26)27/h1-12H,(H,29,30). The quantitative estimate of drug-likeness (QED) is 0.332. The number of carboxylic acids is 1. The summed E-state index contributed by atoms with van der Waals surface area (Å²) in [6, 6.07) is 14.7. The van der Waals surface area contributed by atoms with Gasteiger partial charge in [0, 0.05) is 15.4 Å². The smallest absolute Gasteiger partial charge is 0.416 e. The van der Waals surface area contributed by atoms with Gasteiger partial charge in [0.05, 0.1) is 22.3 Å². The summed E-state index contributed by atoms with van der Waals surface area (Å²) in [5.74, 6) is -0.403. The van der Waals surface area contributed by atoms with Gasteiger partial charge >= 0.3 is 12.1 Å². The monoisotopic (exact) mass is 487 g/mol. The molecule has 0 radical (unpaired) electrons. The lowest BCUT2D eigenvalue weighted by Gasteiger charge is -2.07. The molecule has 0 aliphatic heterocycles. The molecule has 4 aromatic rings. The number of benzene rings is 2. The van der Waals surface area contributed by atoms with E-state index in [1.54, 1.807) is 42.5 Å². The van der Waals surface area contributed by atoms with Crippen molar-refractivity contribution in [1.29, 1.82) is 0 Å². The molecule has 0 spiro atoms. The molecular formula is C23H13BrF3NO3. The Labute approximate surface area is 182 Å². The second-order valence-corrected chi connectivity index (χ2v) is 7.59.